The van der Waals surface area contributed by atoms with Gasteiger partial charge in [-0.05, 0) is 80.4 Å². The Labute approximate surface area is 198 Å². The molecule has 7 rings (SSSR count). The van der Waals surface area contributed by atoms with E-state index >= 15 is 0 Å². The maximum atomic E-state index is 13.4. The van der Waals surface area contributed by atoms with Crippen molar-refractivity contribution in [2.24, 2.45) is 17.8 Å². The maximum Gasteiger partial charge on any atom is 0.418 e. The van der Waals surface area contributed by atoms with Gasteiger partial charge >= 0.3 is 12.1 Å². The molecule has 5 amide bonds. The first-order valence-corrected chi connectivity index (χ1v) is 12.3. The highest BCUT2D eigenvalue weighted by Crippen LogP contribution is 2.55. The molecule has 1 aromatic rings. The lowest BCUT2D eigenvalue weighted by Gasteiger charge is -2.56. The minimum Gasteiger partial charge on any atom is -0.427 e. The molecular weight excluding hydrogens is 436 g/mol. The van der Waals surface area contributed by atoms with E-state index in [2.05, 4.69) is 16.0 Å². The number of carbonyl (C=O) groups is 4. The Morgan fingerprint density at radius 1 is 1.09 bits per heavy atom. The number of fused-ring (bicyclic) bond motifs is 2. The highest BCUT2D eigenvalue weighted by atomic mass is 16.6. The second-order valence-electron chi connectivity index (χ2n) is 10.9. The van der Waals surface area contributed by atoms with E-state index in [1.807, 2.05) is 0 Å². The number of imide groups is 1. The summed E-state index contributed by atoms with van der Waals surface area (Å²) in [6, 6.07) is 4.86. The molecule has 4 bridgehead atoms. The lowest BCUT2D eigenvalue weighted by molar-refractivity contribution is -0.140. The number of aryl methyl sites for hydroxylation is 1. The molecule has 1 aliphatic heterocycles. The summed E-state index contributed by atoms with van der Waals surface area (Å²) < 4.78 is 5.66. The fourth-order valence-electron chi connectivity index (χ4n) is 7.67. The first-order valence-electron chi connectivity index (χ1n) is 12.3. The van der Waals surface area contributed by atoms with Gasteiger partial charge in [0.2, 0.25) is 11.5 Å². The molecule has 5 fully saturated rings. The minimum absolute atomic E-state index is 0.176. The van der Waals surface area contributed by atoms with Crippen LogP contribution in [0.1, 0.15) is 56.1 Å². The zero-order valence-corrected chi connectivity index (χ0v) is 19.3. The van der Waals surface area contributed by atoms with Crippen LogP contribution < -0.4 is 16.0 Å². The molecule has 5 aliphatic carbocycles. The molecule has 34 heavy (non-hydrogen) atoms. The zero-order valence-electron chi connectivity index (χ0n) is 19.3. The average molecular weight is 467 g/mol. The quantitative estimate of drug-likeness (QED) is 0.631. The predicted octanol–water partition coefficient (Wildman–Crippen LogP) is 2.64. The van der Waals surface area contributed by atoms with Crippen LogP contribution in [0.3, 0.4) is 0 Å². The number of nitrogens with zero attached hydrogens (tertiary/aromatic N) is 1. The van der Waals surface area contributed by atoms with Gasteiger partial charge in [0.25, 0.3) is 5.91 Å². The van der Waals surface area contributed by atoms with Gasteiger partial charge in [0.1, 0.15) is 6.54 Å². The molecule has 0 aromatic heterocycles. The molecule has 0 unspecified atom stereocenters. The minimum atomic E-state index is -1.39. The van der Waals surface area contributed by atoms with Gasteiger partial charge in [0, 0.05) is 30.3 Å². The van der Waals surface area contributed by atoms with Crippen molar-refractivity contribution in [3.8, 4) is 0 Å². The first kappa shape index (κ1) is 21.4. The van der Waals surface area contributed by atoms with Crippen molar-refractivity contribution in [1.82, 2.24) is 15.5 Å². The molecule has 3 N–H and O–H groups in total. The molecule has 9 heteroatoms. The Balaban J connectivity index is 1.17. The van der Waals surface area contributed by atoms with Gasteiger partial charge in [-0.1, -0.05) is 6.07 Å². The predicted molar refractivity (Wildman–Crippen MR) is 122 cm³/mol. The molecule has 1 spiro atoms. The molecule has 9 nitrogen and oxygen atoms in total. The summed E-state index contributed by atoms with van der Waals surface area (Å²) in [6.07, 6.45) is 6.92. The number of anilines is 1. The summed E-state index contributed by atoms with van der Waals surface area (Å²) in [4.78, 5) is 51.8. The Hall–Kier alpha value is -3.10. The van der Waals surface area contributed by atoms with Crippen LogP contribution in [0, 0.1) is 17.8 Å². The monoisotopic (exact) mass is 466 g/mol. The van der Waals surface area contributed by atoms with Gasteiger partial charge in [-0.25, -0.2) is 14.5 Å². The number of hydrogen-bond donors (Lipinski definition) is 3. The van der Waals surface area contributed by atoms with Crippen molar-refractivity contribution in [3.05, 3.63) is 29.3 Å². The van der Waals surface area contributed by atoms with Crippen LogP contribution in [0.2, 0.25) is 0 Å². The van der Waals surface area contributed by atoms with Crippen molar-refractivity contribution < 1.29 is 23.9 Å². The smallest absolute Gasteiger partial charge is 0.418 e. The van der Waals surface area contributed by atoms with Gasteiger partial charge in [0.15, 0.2) is 0 Å². The van der Waals surface area contributed by atoms with Crippen molar-refractivity contribution in [3.63, 3.8) is 0 Å². The van der Waals surface area contributed by atoms with Crippen LogP contribution in [0.4, 0.5) is 15.3 Å². The molecule has 1 aromatic carbocycles. The fraction of sp³-hybridized carbons (Fsp3) is 0.600. The molecule has 0 radical (unpaired) electrons. The standard InChI is InChI=1S/C25H30N4O5/c1-26-22(32)27-18-2-3-19-17(9-18)4-5-25(19)21(31)29(23(33)34-25)13-20(30)28-24-10-14-6-15(11-24)8-16(7-14)12-24/h2-3,9,14-16H,4-8,10-13H2,1H3,(H,28,30)(H2,26,27,32)/t14?,15?,16?,24?,25-/m1/s1. The topological polar surface area (TPSA) is 117 Å². The molecule has 180 valence electrons. The van der Waals surface area contributed by atoms with E-state index in [9.17, 15) is 19.2 Å². The molecular formula is C25H30N4O5. The van der Waals surface area contributed by atoms with E-state index in [0.717, 1.165) is 29.7 Å². The Kier molecular flexibility index (Phi) is 4.70. The fourth-order valence-corrected chi connectivity index (χ4v) is 7.67. The zero-order chi connectivity index (χ0) is 23.7. The summed E-state index contributed by atoms with van der Waals surface area (Å²) in [5, 5.41) is 8.44. The molecule has 1 saturated heterocycles. The largest absolute Gasteiger partial charge is 0.427 e. The lowest BCUT2D eigenvalue weighted by Crippen LogP contribution is -2.61. The number of ether oxygens (including phenoxy) is 1. The second-order valence-corrected chi connectivity index (χ2v) is 10.9. The molecule has 1 heterocycles. The molecule has 4 saturated carbocycles. The summed E-state index contributed by atoms with van der Waals surface area (Å²) in [5.74, 6) is 1.29. The van der Waals surface area contributed by atoms with Crippen molar-refractivity contribution in [2.45, 2.75) is 62.5 Å². The number of benzene rings is 1. The molecule has 1 atom stereocenters. The van der Waals surface area contributed by atoms with Crippen LogP contribution in [-0.4, -0.2) is 48.0 Å². The van der Waals surface area contributed by atoms with Gasteiger partial charge in [-0.3, -0.25) is 9.59 Å². The Morgan fingerprint density at radius 3 is 2.41 bits per heavy atom. The number of amides is 5. The van der Waals surface area contributed by atoms with Crippen LogP contribution in [-0.2, 0) is 26.3 Å². The van der Waals surface area contributed by atoms with Crippen LogP contribution >= 0.6 is 0 Å². The Bertz CT molecular complexity index is 1070. The lowest BCUT2D eigenvalue weighted by atomic mass is 9.53. The summed E-state index contributed by atoms with van der Waals surface area (Å²) in [6.45, 7) is -0.313. The van der Waals surface area contributed by atoms with Crippen LogP contribution in [0.25, 0.3) is 0 Å². The van der Waals surface area contributed by atoms with E-state index in [1.54, 1.807) is 18.2 Å². The Morgan fingerprint density at radius 2 is 1.76 bits per heavy atom. The van der Waals surface area contributed by atoms with Gasteiger partial charge < -0.3 is 20.7 Å². The van der Waals surface area contributed by atoms with E-state index < -0.39 is 17.6 Å². The number of rotatable bonds is 4. The van der Waals surface area contributed by atoms with Crippen LogP contribution in [0.5, 0.6) is 0 Å². The average Bonchev–Trinajstić information content (AvgIpc) is 3.24. The normalized spacial score (nSPS) is 34.9. The van der Waals surface area contributed by atoms with E-state index in [4.69, 9.17) is 4.74 Å². The number of hydrogen-bond acceptors (Lipinski definition) is 5. The second kappa shape index (κ2) is 7.45. The maximum absolute atomic E-state index is 13.4. The van der Waals surface area contributed by atoms with E-state index in [1.165, 1.54) is 26.3 Å². The number of nitrogens with one attached hydrogen (secondary N) is 3. The summed E-state index contributed by atoms with van der Waals surface area (Å²) in [5.41, 5.74) is 0.495. The van der Waals surface area contributed by atoms with Crippen LogP contribution in [0.15, 0.2) is 18.2 Å². The third-order valence-electron chi connectivity index (χ3n) is 8.59. The van der Waals surface area contributed by atoms with Gasteiger partial charge in [-0.2, -0.15) is 0 Å². The van der Waals surface area contributed by atoms with E-state index in [0.29, 0.717) is 41.8 Å². The first-order chi connectivity index (χ1) is 16.3. The third-order valence-corrected chi connectivity index (χ3v) is 8.59. The SMILES string of the molecule is CNC(=O)Nc1ccc2c(c1)CC[C@@]21OC(=O)N(CC(=O)NC23CC4CC(CC(C4)C2)C3)C1=O. The summed E-state index contributed by atoms with van der Waals surface area (Å²) in [7, 11) is 1.53. The van der Waals surface area contributed by atoms with Crippen molar-refractivity contribution in [2.75, 3.05) is 18.9 Å². The van der Waals surface area contributed by atoms with E-state index in [-0.39, 0.29) is 24.0 Å². The molecule has 6 aliphatic rings. The van der Waals surface area contributed by atoms with Gasteiger partial charge in [0.05, 0.1) is 0 Å². The highest BCUT2D eigenvalue weighted by molar-refractivity contribution is 6.06. The third kappa shape index (κ3) is 3.27. The highest BCUT2D eigenvalue weighted by Gasteiger charge is 2.59. The van der Waals surface area contributed by atoms with Crippen molar-refractivity contribution in [1.29, 1.82) is 0 Å². The number of urea groups is 1. The van der Waals surface area contributed by atoms with Crippen molar-refractivity contribution >= 4 is 29.6 Å². The summed E-state index contributed by atoms with van der Waals surface area (Å²) >= 11 is 0. The van der Waals surface area contributed by atoms with Gasteiger partial charge in [-0.15, -0.1) is 0 Å². The number of carbonyl (C=O) groups excluding carboxylic acids is 4.